The van der Waals surface area contributed by atoms with Crippen molar-refractivity contribution in [2.75, 3.05) is 14.2 Å². The monoisotopic (exact) mass is 413 g/mol. The minimum atomic E-state index is -4.04. The van der Waals surface area contributed by atoms with E-state index in [1.54, 1.807) is 12.3 Å². The second-order valence-electron chi connectivity index (χ2n) is 5.78. The highest BCUT2D eigenvalue weighted by Gasteiger charge is 2.49. The van der Waals surface area contributed by atoms with Crippen molar-refractivity contribution in [1.29, 1.82) is 0 Å². The Morgan fingerprint density at radius 2 is 1.96 bits per heavy atom. The normalized spacial score (nSPS) is 17.5. The van der Waals surface area contributed by atoms with Crippen LogP contribution < -0.4 is 18.9 Å². The molecule has 7 nitrogen and oxygen atoms in total. The van der Waals surface area contributed by atoms with E-state index in [2.05, 4.69) is 24.4 Å². The van der Waals surface area contributed by atoms with Gasteiger partial charge in [0.15, 0.2) is 28.2 Å². The van der Waals surface area contributed by atoms with Crippen molar-refractivity contribution in [3.63, 3.8) is 0 Å². The van der Waals surface area contributed by atoms with Gasteiger partial charge in [0.05, 0.1) is 37.1 Å². The lowest BCUT2D eigenvalue weighted by atomic mass is 10.2. The van der Waals surface area contributed by atoms with Gasteiger partial charge < -0.3 is 23.9 Å². The highest BCUT2D eigenvalue weighted by molar-refractivity contribution is 7.98. The summed E-state index contributed by atoms with van der Waals surface area (Å²) in [5, 5.41) is 0.525. The van der Waals surface area contributed by atoms with Gasteiger partial charge in [-0.25, -0.2) is 4.98 Å². The molecule has 0 aliphatic carbocycles. The van der Waals surface area contributed by atoms with Crippen LogP contribution in [0.5, 0.6) is 23.0 Å². The molecular formula is C17H14F3N3O4S. The number of benzene rings is 1. The highest BCUT2D eigenvalue weighted by Crippen LogP contribution is 2.42. The molecule has 0 spiro atoms. The lowest BCUT2D eigenvalue weighted by Crippen LogP contribution is -2.43. The molecule has 3 heterocycles. The van der Waals surface area contributed by atoms with Gasteiger partial charge in [-0.15, -0.1) is 0 Å². The summed E-state index contributed by atoms with van der Waals surface area (Å²) < 4.78 is 59.4. The summed E-state index contributed by atoms with van der Waals surface area (Å²) in [5.41, 5.74) is 1.62. The lowest BCUT2D eigenvalue weighted by molar-refractivity contribution is -0.281. The van der Waals surface area contributed by atoms with E-state index in [4.69, 9.17) is 9.47 Å². The van der Waals surface area contributed by atoms with Crippen LogP contribution in [-0.2, 0) is 5.75 Å². The fourth-order valence-electron chi connectivity index (χ4n) is 2.61. The van der Waals surface area contributed by atoms with E-state index in [0.29, 0.717) is 33.4 Å². The van der Waals surface area contributed by atoms with Crippen LogP contribution >= 0.6 is 11.8 Å². The Labute approximate surface area is 161 Å². The van der Waals surface area contributed by atoms with E-state index in [1.165, 1.54) is 38.1 Å². The molecule has 0 saturated heterocycles. The number of nitrogens with one attached hydrogen (secondary N) is 1. The van der Waals surface area contributed by atoms with Gasteiger partial charge in [-0.2, -0.15) is 13.2 Å². The number of thioether (sulfide) groups is 1. The molecule has 0 amide bonds. The lowest BCUT2D eigenvalue weighted by Gasteiger charge is -2.28. The summed E-state index contributed by atoms with van der Waals surface area (Å²) in [4.78, 5) is 11.6. The Balaban J connectivity index is 1.54. The third-order valence-corrected chi connectivity index (χ3v) is 4.86. The molecule has 28 heavy (non-hydrogen) atoms. The number of hydrogen-bond acceptors (Lipinski definition) is 7. The molecule has 1 unspecified atom stereocenters. The molecule has 1 aliphatic rings. The maximum Gasteiger partial charge on any atom is 0.468 e. The first-order valence-corrected chi connectivity index (χ1v) is 8.99. The van der Waals surface area contributed by atoms with E-state index in [0.717, 1.165) is 5.69 Å². The smallest absolute Gasteiger partial charge is 0.468 e. The number of halogens is 3. The summed E-state index contributed by atoms with van der Waals surface area (Å²) in [6, 6.07) is 4.40. The molecule has 3 aromatic rings. The van der Waals surface area contributed by atoms with Crippen molar-refractivity contribution in [3.8, 4) is 23.0 Å². The van der Waals surface area contributed by atoms with Crippen LogP contribution in [0.2, 0.25) is 0 Å². The zero-order chi connectivity index (χ0) is 19.9. The van der Waals surface area contributed by atoms with Gasteiger partial charge in [-0.1, -0.05) is 11.8 Å². The Morgan fingerprint density at radius 3 is 2.71 bits per heavy atom. The number of ether oxygens (including phenoxy) is 4. The van der Waals surface area contributed by atoms with E-state index >= 15 is 0 Å². The standard InChI is InChI=1S/C17H14F3N3O4S/c1-24-11-3-8(21-6-14(11)25-2)7-28-16-22-9-4-12-13(5-10(9)23-16)27-17(19,20)15(18)26-12/h3-6,15H,7H2,1-2H3,(H,22,23). The van der Waals surface area contributed by atoms with E-state index in [9.17, 15) is 13.2 Å². The molecule has 0 saturated carbocycles. The molecule has 1 atom stereocenters. The number of nitrogens with zero attached hydrogens (tertiary/aromatic N) is 2. The van der Waals surface area contributed by atoms with Crippen LogP contribution in [0.1, 0.15) is 5.69 Å². The van der Waals surface area contributed by atoms with Gasteiger partial charge in [-0.3, -0.25) is 4.98 Å². The highest BCUT2D eigenvalue weighted by atomic mass is 32.2. The van der Waals surface area contributed by atoms with Crippen LogP contribution in [-0.4, -0.2) is 41.6 Å². The largest absolute Gasteiger partial charge is 0.493 e. The topological polar surface area (TPSA) is 78.5 Å². The van der Waals surface area contributed by atoms with Gasteiger partial charge in [0.25, 0.3) is 0 Å². The number of pyridine rings is 1. The zero-order valence-electron chi connectivity index (χ0n) is 14.7. The number of rotatable bonds is 5. The summed E-state index contributed by atoms with van der Waals surface area (Å²) in [7, 11) is 3.06. The van der Waals surface area contributed by atoms with Crippen LogP contribution in [0.3, 0.4) is 0 Å². The number of aromatic amines is 1. The van der Waals surface area contributed by atoms with Crippen molar-refractivity contribution < 1.29 is 32.1 Å². The number of hydrogen-bond donors (Lipinski definition) is 1. The average Bonchev–Trinajstić information content (AvgIpc) is 3.06. The minimum absolute atomic E-state index is 0.129. The summed E-state index contributed by atoms with van der Waals surface area (Å²) >= 11 is 1.35. The summed E-state index contributed by atoms with van der Waals surface area (Å²) in [5.74, 6) is 1.16. The molecule has 0 bridgehead atoms. The number of imidazole rings is 1. The van der Waals surface area contributed by atoms with Crippen LogP contribution in [0.25, 0.3) is 11.0 Å². The van der Waals surface area contributed by atoms with Crippen molar-refractivity contribution in [2.24, 2.45) is 0 Å². The van der Waals surface area contributed by atoms with Gasteiger partial charge in [-0.05, 0) is 0 Å². The average molecular weight is 413 g/mol. The second kappa shape index (κ2) is 6.97. The zero-order valence-corrected chi connectivity index (χ0v) is 15.5. The van der Waals surface area contributed by atoms with Gasteiger partial charge >= 0.3 is 12.5 Å². The fraction of sp³-hybridized carbons (Fsp3) is 0.294. The Hall–Kier alpha value is -2.82. The van der Waals surface area contributed by atoms with E-state index in [-0.39, 0.29) is 11.5 Å². The predicted molar refractivity (Wildman–Crippen MR) is 94.1 cm³/mol. The third-order valence-electron chi connectivity index (χ3n) is 3.95. The molecule has 148 valence electrons. The number of aromatic nitrogens is 3. The molecule has 2 aromatic heterocycles. The molecule has 0 fully saturated rings. The molecular weight excluding hydrogens is 399 g/mol. The first kappa shape index (κ1) is 18.5. The summed E-state index contributed by atoms with van der Waals surface area (Å²) in [6.07, 6.45) is -5.36. The first-order chi connectivity index (χ1) is 13.4. The van der Waals surface area contributed by atoms with Gasteiger partial charge in [0.1, 0.15) is 0 Å². The predicted octanol–water partition coefficient (Wildman–Crippen LogP) is 3.93. The molecule has 1 aromatic carbocycles. The number of alkyl halides is 3. The van der Waals surface area contributed by atoms with Gasteiger partial charge in [0, 0.05) is 24.0 Å². The molecule has 1 aliphatic heterocycles. The Morgan fingerprint density at radius 1 is 1.18 bits per heavy atom. The van der Waals surface area contributed by atoms with Crippen LogP contribution in [0.4, 0.5) is 13.2 Å². The van der Waals surface area contributed by atoms with Crippen LogP contribution in [0.15, 0.2) is 29.6 Å². The second-order valence-corrected chi connectivity index (χ2v) is 6.74. The van der Waals surface area contributed by atoms with Gasteiger partial charge in [0.2, 0.25) is 0 Å². The summed E-state index contributed by atoms with van der Waals surface area (Å²) in [6.45, 7) is 0. The third kappa shape index (κ3) is 3.37. The van der Waals surface area contributed by atoms with E-state index in [1.807, 2.05) is 0 Å². The number of methoxy groups -OCH3 is 2. The Bertz CT molecular complexity index is 1030. The van der Waals surface area contributed by atoms with Crippen LogP contribution in [0, 0.1) is 0 Å². The van der Waals surface area contributed by atoms with Crippen molar-refractivity contribution in [2.45, 2.75) is 23.4 Å². The van der Waals surface area contributed by atoms with Crippen molar-refractivity contribution in [3.05, 3.63) is 30.1 Å². The maximum absolute atomic E-state index is 13.3. The van der Waals surface area contributed by atoms with Crippen molar-refractivity contribution >= 4 is 22.8 Å². The maximum atomic E-state index is 13.3. The SMILES string of the molecule is COc1cnc(CSc2nc3cc4c(cc3[nH]2)OC(F)(F)C(F)O4)cc1OC. The fourth-order valence-corrected chi connectivity index (χ4v) is 3.39. The number of H-pyrrole nitrogens is 1. The molecule has 4 rings (SSSR count). The number of fused-ring (bicyclic) bond motifs is 2. The quantitative estimate of drug-likeness (QED) is 0.635. The van der Waals surface area contributed by atoms with E-state index < -0.39 is 12.5 Å². The minimum Gasteiger partial charge on any atom is -0.493 e. The molecule has 0 radical (unpaired) electrons. The van der Waals surface area contributed by atoms with Crippen molar-refractivity contribution in [1.82, 2.24) is 15.0 Å². The molecule has 1 N–H and O–H groups in total. The first-order valence-electron chi connectivity index (χ1n) is 8.00. The Kier molecular flexibility index (Phi) is 4.61. The molecule has 11 heteroatoms.